The van der Waals surface area contributed by atoms with Crippen LogP contribution in [0.3, 0.4) is 0 Å². The van der Waals surface area contributed by atoms with Gasteiger partial charge >= 0.3 is 5.97 Å². The lowest BCUT2D eigenvalue weighted by molar-refractivity contribution is 0.0328. The molecule has 1 atom stereocenters. The first kappa shape index (κ1) is 26.2. The molecule has 8 nitrogen and oxygen atoms in total. The van der Waals surface area contributed by atoms with E-state index in [1.54, 1.807) is 4.68 Å². The van der Waals surface area contributed by atoms with Crippen molar-refractivity contribution in [1.82, 2.24) is 14.9 Å². The molecule has 1 aliphatic carbocycles. The Hall–Kier alpha value is -3.07. The molecule has 6 rings (SSSR count). The number of rotatable bonds is 7. The number of esters is 1. The number of fused-ring (bicyclic) bond motifs is 1. The van der Waals surface area contributed by atoms with Crippen LogP contribution in [0.25, 0.3) is 22.2 Å². The van der Waals surface area contributed by atoms with E-state index in [1.807, 2.05) is 31.3 Å². The number of nitrogens with zero attached hydrogens (tertiary/aromatic N) is 4. The lowest BCUT2D eigenvalue weighted by Crippen LogP contribution is -2.25. The molecule has 0 spiro atoms. The van der Waals surface area contributed by atoms with Crippen molar-refractivity contribution in [1.29, 1.82) is 0 Å². The molecule has 1 saturated heterocycles. The van der Waals surface area contributed by atoms with Crippen LogP contribution >= 0.6 is 23.2 Å². The summed E-state index contributed by atoms with van der Waals surface area (Å²) in [7, 11) is 3.21. The van der Waals surface area contributed by atoms with Crippen LogP contribution in [0.1, 0.15) is 59.8 Å². The molecular weight excluding hydrogens is 539 g/mol. The van der Waals surface area contributed by atoms with Crippen LogP contribution in [0.5, 0.6) is 0 Å². The second kappa shape index (κ2) is 10.8. The van der Waals surface area contributed by atoms with Crippen LogP contribution in [-0.2, 0) is 23.1 Å². The number of carbonyl (C=O) groups is 1. The van der Waals surface area contributed by atoms with Crippen LogP contribution in [0.15, 0.2) is 40.9 Å². The zero-order valence-corrected chi connectivity index (χ0v) is 23.5. The molecule has 4 aromatic rings. The number of aryl methyl sites for hydroxylation is 1. The highest BCUT2D eigenvalue weighted by atomic mass is 35.5. The third kappa shape index (κ3) is 5.13. The van der Waals surface area contributed by atoms with Crippen molar-refractivity contribution >= 4 is 45.8 Å². The van der Waals surface area contributed by atoms with E-state index in [0.717, 1.165) is 73.1 Å². The fraction of sp³-hybridized carbons (Fsp3) is 0.414. The van der Waals surface area contributed by atoms with E-state index in [4.69, 9.17) is 37.2 Å². The Morgan fingerprint density at radius 1 is 1.10 bits per heavy atom. The standard InChI is InChI=1S/C29H30Cl2N4O4/c1-34-24-15-18(10-11-20(24)27(32-34)29(36)37-2)35-13-4-5-19(12-14-35)38-16-21-26(33-39-28(21)17-8-9-17)25-22(30)6-3-7-23(25)31/h3,6-7,10-11,15,17,19H,4-5,8-9,12-14,16H2,1-2H3. The van der Waals surface area contributed by atoms with E-state index in [-0.39, 0.29) is 6.10 Å². The number of ether oxygens (including phenoxy) is 2. The summed E-state index contributed by atoms with van der Waals surface area (Å²) in [5.74, 6) is 0.852. The minimum Gasteiger partial charge on any atom is -0.464 e. The number of methoxy groups -OCH3 is 1. The van der Waals surface area contributed by atoms with Gasteiger partial charge in [-0.15, -0.1) is 0 Å². The first-order chi connectivity index (χ1) is 18.9. The van der Waals surface area contributed by atoms with Crippen LogP contribution in [0.4, 0.5) is 5.69 Å². The maximum Gasteiger partial charge on any atom is 0.359 e. The van der Waals surface area contributed by atoms with Crippen LogP contribution in [0, 0.1) is 0 Å². The highest BCUT2D eigenvalue weighted by molar-refractivity contribution is 6.39. The quantitative estimate of drug-likeness (QED) is 0.227. The fourth-order valence-electron chi connectivity index (χ4n) is 5.43. The maximum atomic E-state index is 12.1. The van der Waals surface area contributed by atoms with Crippen LogP contribution < -0.4 is 4.90 Å². The minimum absolute atomic E-state index is 0.109. The van der Waals surface area contributed by atoms with Gasteiger partial charge in [0.25, 0.3) is 0 Å². The summed E-state index contributed by atoms with van der Waals surface area (Å²) >= 11 is 13.0. The Balaban J connectivity index is 1.17. The van der Waals surface area contributed by atoms with Crippen molar-refractivity contribution in [3.8, 4) is 11.3 Å². The SMILES string of the molecule is COC(=O)c1nn(C)c2cc(N3CCCC(OCc4c(-c5c(Cl)cccc5Cl)noc4C4CC4)CC3)ccc12. The molecule has 1 unspecified atom stereocenters. The highest BCUT2D eigenvalue weighted by Crippen LogP contribution is 2.46. The second-order valence-electron chi connectivity index (χ2n) is 10.3. The average Bonchev–Trinajstić information content (AvgIpc) is 3.67. The molecule has 204 valence electrons. The smallest absolute Gasteiger partial charge is 0.359 e. The van der Waals surface area contributed by atoms with Crippen molar-refractivity contribution in [2.24, 2.45) is 7.05 Å². The van der Waals surface area contributed by atoms with Gasteiger partial charge < -0.3 is 18.9 Å². The molecule has 0 amide bonds. The molecule has 2 aromatic carbocycles. The van der Waals surface area contributed by atoms with E-state index in [1.165, 1.54) is 7.11 Å². The van der Waals surface area contributed by atoms with Gasteiger partial charge in [-0.3, -0.25) is 4.68 Å². The molecule has 1 saturated carbocycles. The molecule has 10 heteroatoms. The molecule has 1 aliphatic heterocycles. The van der Waals surface area contributed by atoms with Crippen molar-refractivity contribution in [2.45, 2.75) is 50.7 Å². The maximum absolute atomic E-state index is 12.1. The molecule has 3 heterocycles. The van der Waals surface area contributed by atoms with Crippen molar-refractivity contribution in [2.75, 3.05) is 25.1 Å². The van der Waals surface area contributed by atoms with Gasteiger partial charge in [-0.25, -0.2) is 4.79 Å². The Morgan fingerprint density at radius 3 is 2.64 bits per heavy atom. The predicted octanol–water partition coefficient (Wildman–Crippen LogP) is 6.77. The van der Waals surface area contributed by atoms with Gasteiger partial charge in [0.2, 0.25) is 0 Å². The molecular formula is C29H30Cl2N4O4. The number of anilines is 1. The summed E-state index contributed by atoms with van der Waals surface area (Å²) < 4.78 is 18.9. The summed E-state index contributed by atoms with van der Waals surface area (Å²) in [6.07, 6.45) is 5.16. The summed E-state index contributed by atoms with van der Waals surface area (Å²) in [5.41, 5.74) is 4.67. The Kier molecular flexibility index (Phi) is 7.27. The van der Waals surface area contributed by atoms with Gasteiger partial charge in [0.1, 0.15) is 11.5 Å². The first-order valence-corrected chi connectivity index (χ1v) is 14.0. The van der Waals surface area contributed by atoms with Crippen molar-refractivity contribution in [3.05, 3.63) is 63.5 Å². The number of carbonyl (C=O) groups excluding carboxylic acids is 1. The van der Waals surface area contributed by atoms with E-state index in [2.05, 4.69) is 27.3 Å². The Bertz CT molecular complexity index is 1510. The van der Waals surface area contributed by atoms with Gasteiger partial charge in [-0.1, -0.05) is 34.4 Å². The number of benzene rings is 2. The van der Waals surface area contributed by atoms with Gasteiger partial charge in [0, 0.05) is 48.3 Å². The molecule has 39 heavy (non-hydrogen) atoms. The Morgan fingerprint density at radius 2 is 1.90 bits per heavy atom. The lowest BCUT2D eigenvalue weighted by Gasteiger charge is -2.23. The van der Waals surface area contributed by atoms with E-state index in [0.29, 0.717) is 39.5 Å². The van der Waals surface area contributed by atoms with Gasteiger partial charge in [-0.2, -0.15) is 5.10 Å². The number of aromatic nitrogens is 3. The van der Waals surface area contributed by atoms with Gasteiger partial charge in [0.15, 0.2) is 5.69 Å². The second-order valence-corrected chi connectivity index (χ2v) is 11.1. The third-order valence-corrected chi connectivity index (χ3v) is 8.31. The normalized spacial score (nSPS) is 17.9. The zero-order chi connectivity index (χ0) is 27.1. The summed E-state index contributed by atoms with van der Waals surface area (Å²) in [5, 5.41) is 10.6. The minimum atomic E-state index is -0.430. The van der Waals surface area contributed by atoms with Crippen molar-refractivity contribution in [3.63, 3.8) is 0 Å². The van der Waals surface area contributed by atoms with E-state index >= 15 is 0 Å². The zero-order valence-electron chi connectivity index (χ0n) is 22.0. The molecule has 2 fully saturated rings. The third-order valence-electron chi connectivity index (χ3n) is 7.68. The van der Waals surface area contributed by atoms with Crippen LogP contribution in [-0.4, -0.2) is 47.2 Å². The largest absolute Gasteiger partial charge is 0.464 e. The van der Waals surface area contributed by atoms with Gasteiger partial charge in [0.05, 0.1) is 35.4 Å². The molecule has 0 radical (unpaired) electrons. The monoisotopic (exact) mass is 568 g/mol. The number of halogens is 2. The lowest BCUT2D eigenvalue weighted by atomic mass is 10.0. The molecule has 0 bridgehead atoms. The highest BCUT2D eigenvalue weighted by Gasteiger charge is 2.34. The number of hydrogen-bond acceptors (Lipinski definition) is 7. The Labute approximate surface area is 236 Å². The van der Waals surface area contributed by atoms with Gasteiger partial charge in [-0.05, 0) is 62.4 Å². The molecule has 2 aromatic heterocycles. The predicted molar refractivity (Wildman–Crippen MR) is 151 cm³/mol. The number of hydrogen-bond donors (Lipinski definition) is 0. The summed E-state index contributed by atoms with van der Waals surface area (Å²) in [4.78, 5) is 14.5. The van der Waals surface area contributed by atoms with Crippen LogP contribution in [0.2, 0.25) is 10.0 Å². The fourth-order valence-corrected chi connectivity index (χ4v) is 6.01. The average molecular weight is 569 g/mol. The summed E-state index contributed by atoms with van der Waals surface area (Å²) in [6.45, 7) is 2.20. The molecule has 0 N–H and O–H groups in total. The van der Waals surface area contributed by atoms with E-state index in [9.17, 15) is 4.79 Å². The van der Waals surface area contributed by atoms with E-state index < -0.39 is 5.97 Å². The topological polar surface area (TPSA) is 82.6 Å². The first-order valence-electron chi connectivity index (χ1n) is 13.3. The summed E-state index contributed by atoms with van der Waals surface area (Å²) in [6, 6.07) is 11.6. The van der Waals surface area contributed by atoms with Crippen molar-refractivity contribution < 1.29 is 18.8 Å². The molecule has 2 aliphatic rings.